The molecule has 2 aliphatic heterocycles. The Morgan fingerprint density at radius 2 is 1.71 bits per heavy atom. The highest BCUT2D eigenvalue weighted by Gasteiger charge is 2.42. The zero-order valence-electron chi connectivity index (χ0n) is 16.9. The zero-order chi connectivity index (χ0) is 19.9. The van der Waals surface area contributed by atoms with E-state index in [-0.39, 0.29) is 18.0 Å². The molecular weight excluding hydrogens is 356 g/mol. The molecule has 1 aromatic rings. The smallest absolute Gasteiger partial charge is 0.407 e. The molecule has 3 atom stereocenters. The summed E-state index contributed by atoms with van der Waals surface area (Å²) in [6.07, 6.45) is 7.47. The monoisotopic (exact) mass is 386 g/mol. The molecule has 0 radical (unpaired) electrons. The number of anilines is 1. The summed E-state index contributed by atoms with van der Waals surface area (Å²) in [6.45, 7) is 5.62. The standard InChI is InChI=1S/C21H30N4O3/c1-21(2,3)28-20(27)24-15-10-16-7-8-17(11-15)25(16)18-9-4-13(12-22-18)19(26)23-14-5-6-14/h4,9,12,14-17H,5-8,10-11H2,1-3H3,(H,23,26)(H,24,27)/t15?,16-,17+. The first-order chi connectivity index (χ1) is 13.3. The highest BCUT2D eigenvalue weighted by Crippen LogP contribution is 2.38. The van der Waals surface area contributed by atoms with Gasteiger partial charge in [0.05, 0.1) is 5.56 Å². The van der Waals surface area contributed by atoms with Gasteiger partial charge in [-0.1, -0.05) is 0 Å². The fourth-order valence-corrected chi connectivity index (χ4v) is 4.31. The Morgan fingerprint density at radius 1 is 1.04 bits per heavy atom. The van der Waals surface area contributed by atoms with Crippen molar-refractivity contribution in [3.05, 3.63) is 23.9 Å². The molecule has 2 amide bonds. The van der Waals surface area contributed by atoms with Crippen LogP contribution in [0.2, 0.25) is 0 Å². The summed E-state index contributed by atoms with van der Waals surface area (Å²) in [6, 6.07) is 5.01. The van der Waals surface area contributed by atoms with Crippen LogP contribution in [0, 0.1) is 0 Å². The summed E-state index contributed by atoms with van der Waals surface area (Å²) in [5.74, 6) is 0.885. The number of fused-ring (bicyclic) bond motifs is 2. The molecule has 7 nitrogen and oxygen atoms in total. The molecule has 1 saturated carbocycles. The molecule has 152 valence electrons. The van der Waals surface area contributed by atoms with Crippen molar-refractivity contribution in [3.63, 3.8) is 0 Å². The number of ether oxygens (including phenoxy) is 1. The number of nitrogens with zero attached hydrogens (tertiary/aromatic N) is 2. The summed E-state index contributed by atoms with van der Waals surface area (Å²) in [5.41, 5.74) is 0.130. The van der Waals surface area contributed by atoms with E-state index in [1.165, 1.54) is 0 Å². The Bertz CT molecular complexity index is 725. The van der Waals surface area contributed by atoms with Gasteiger partial charge in [-0.3, -0.25) is 4.79 Å². The molecule has 1 aliphatic carbocycles. The number of alkyl carbamates (subject to hydrolysis) is 1. The second-order valence-electron chi connectivity index (χ2n) is 9.26. The second-order valence-corrected chi connectivity index (χ2v) is 9.26. The van der Waals surface area contributed by atoms with Crippen LogP contribution in [-0.4, -0.2) is 46.8 Å². The summed E-state index contributed by atoms with van der Waals surface area (Å²) in [7, 11) is 0. The normalized spacial score (nSPS) is 26.7. The Labute approximate surface area is 166 Å². The Morgan fingerprint density at radius 3 is 2.25 bits per heavy atom. The average molecular weight is 386 g/mol. The number of hydrogen-bond acceptors (Lipinski definition) is 5. The summed E-state index contributed by atoms with van der Waals surface area (Å²) < 4.78 is 5.40. The maximum atomic E-state index is 12.2. The minimum atomic E-state index is -0.485. The van der Waals surface area contributed by atoms with Crippen molar-refractivity contribution in [2.45, 2.75) is 89.1 Å². The van der Waals surface area contributed by atoms with E-state index in [1.54, 1.807) is 6.20 Å². The minimum Gasteiger partial charge on any atom is -0.444 e. The van der Waals surface area contributed by atoms with Crippen molar-refractivity contribution in [1.82, 2.24) is 15.6 Å². The third-order valence-electron chi connectivity index (χ3n) is 5.64. The molecule has 3 fully saturated rings. The fraction of sp³-hybridized carbons (Fsp3) is 0.667. The van der Waals surface area contributed by atoms with Crippen LogP contribution >= 0.6 is 0 Å². The molecule has 3 aliphatic rings. The number of nitrogens with one attached hydrogen (secondary N) is 2. The van der Waals surface area contributed by atoms with Gasteiger partial charge < -0.3 is 20.3 Å². The first kappa shape index (κ1) is 19.0. The molecule has 1 aromatic heterocycles. The lowest BCUT2D eigenvalue weighted by Crippen LogP contribution is -2.51. The van der Waals surface area contributed by atoms with Gasteiger partial charge in [-0.15, -0.1) is 0 Å². The number of hydrogen-bond donors (Lipinski definition) is 2. The van der Waals surface area contributed by atoms with E-state index >= 15 is 0 Å². The van der Waals surface area contributed by atoms with Crippen LogP contribution in [0.5, 0.6) is 0 Å². The van der Waals surface area contributed by atoms with Crippen molar-refractivity contribution in [1.29, 1.82) is 0 Å². The van der Waals surface area contributed by atoms with Gasteiger partial charge in [0.2, 0.25) is 0 Å². The number of rotatable bonds is 4. The van der Waals surface area contributed by atoms with E-state index in [4.69, 9.17) is 4.74 Å². The van der Waals surface area contributed by atoms with Crippen LogP contribution in [0.1, 0.15) is 69.7 Å². The van der Waals surface area contributed by atoms with Gasteiger partial charge >= 0.3 is 6.09 Å². The van der Waals surface area contributed by atoms with Crippen molar-refractivity contribution in [2.24, 2.45) is 0 Å². The first-order valence-corrected chi connectivity index (χ1v) is 10.3. The SMILES string of the molecule is CC(C)(C)OC(=O)NC1C[C@H]2CC[C@@H](C1)N2c1ccc(C(=O)NC2CC2)cn1. The third-order valence-corrected chi connectivity index (χ3v) is 5.64. The van der Waals surface area contributed by atoms with Gasteiger partial charge in [0.1, 0.15) is 11.4 Å². The van der Waals surface area contributed by atoms with Gasteiger partial charge in [0.25, 0.3) is 5.91 Å². The van der Waals surface area contributed by atoms with Gasteiger partial charge in [-0.05, 0) is 71.4 Å². The van der Waals surface area contributed by atoms with Gasteiger partial charge in [-0.2, -0.15) is 0 Å². The lowest BCUT2D eigenvalue weighted by Gasteiger charge is -2.40. The number of piperidine rings is 1. The maximum absolute atomic E-state index is 12.2. The van der Waals surface area contributed by atoms with E-state index < -0.39 is 5.60 Å². The molecule has 3 heterocycles. The van der Waals surface area contributed by atoms with Gasteiger partial charge in [0.15, 0.2) is 0 Å². The summed E-state index contributed by atoms with van der Waals surface area (Å²) in [5, 5.41) is 6.03. The molecule has 0 spiro atoms. The van der Waals surface area contributed by atoms with E-state index in [0.717, 1.165) is 44.3 Å². The topological polar surface area (TPSA) is 83.6 Å². The summed E-state index contributed by atoms with van der Waals surface area (Å²) in [4.78, 5) is 31.2. The lowest BCUT2D eigenvalue weighted by atomic mass is 9.97. The van der Waals surface area contributed by atoms with Crippen molar-refractivity contribution < 1.29 is 14.3 Å². The van der Waals surface area contributed by atoms with Crippen molar-refractivity contribution >= 4 is 17.8 Å². The predicted molar refractivity (Wildman–Crippen MR) is 106 cm³/mol. The first-order valence-electron chi connectivity index (χ1n) is 10.3. The average Bonchev–Trinajstić information content (AvgIpc) is 3.37. The number of carbonyl (C=O) groups excluding carboxylic acids is 2. The molecule has 1 unspecified atom stereocenters. The van der Waals surface area contributed by atoms with E-state index in [1.807, 2.05) is 32.9 Å². The van der Waals surface area contributed by atoms with Gasteiger partial charge in [-0.25, -0.2) is 9.78 Å². The highest BCUT2D eigenvalue weighted by atomic mass is 16.6. The predicted octanol–water partition coefficient (Wildman–Crippen LogP) is 3.00. The van der Waals surface area contributed by atoms with Crippen LogP contribution in [0.4, 0.5) is 10.6 Å². The van der Waals surface area contributed by atoms with Gasteiger partial charge in [0, 0.05) is 30.4 Å². The van der Waals surface area contributed by atoms with Crippen LogP contribution < -0.4 is 15.5 Å². The molecule has 7 heteroatoms. The zero-order valence-corrected chi connectivity index (χ0v) is 16.9. The second kappa shape index (κ2) is 7.26. The van der Waals surface area contributed by atoms with E-state index in [0.29, 0.717) is 23.7 Å². The third kappa shape index (κ3) is 4.39. The number of aromatic nitrogens is 1. The van der Waals surface area contributed by atoms with Crippen molar-refractivity contribution in [2.75, 3.05) is 4.90 Å². The lowest BCUT2D eigenvalue weighted by molar-refractivity contribution is 0.0492. The Kier molecular flexibility index (Phi) is 4.93. The van der Waals surface area contributed by atoms with Crippen LogP contribution in [-0.2, 0) is 4.74 Å². The fourth-order valence-electron chi connectivity index (χ4n) is 4.31. The van der Waals surface area contributed by atoms with Crippen molar-refractivity contribution in [3.8, 4) is 0 Å². The van der Waals surface area contributed by atoms with Crippen LogP contribution in [0.25, 0.3) is 0 Å². The molecule has 0 aromatic carbocycles. The van der Waals surface area contributed by atoms with Crippen LogP contribution in [0.3, 0.4) is 0 Å². The molecule has 2 bridgehead atoms. The summed E-state index contributed by atoms with van der Waals surface area (Å²) >= 11 is 0. The van der Waals surface area contributed by atoms with Crippen LogP contribution in [0.15, 0.2) is 18.3 Å². The van der Waals surface area contributed by atoms with E-state index in [2.05, 4.69) is 20.5 Å². The molecule has 2 saturated heterocycles. The Hall–Kier alpha value is -2.31. The number of carbonyl (C=O) groups is 2. The molecule has 28 heavy (non-hydrogen) atoms. The Balaban J connectivity index is 1.37. The largest absolute Gasteiger partial charge is 0.444 e. The molecule has 4 rings (SSSR count). The quantitative estimate of drug-likeness (QED) is 0.831. The molecule has 2 N–H and O–H groups in total. The number of amides is 2. The minimum absolute atomic E-state index is 0.0372. The maximum Gasteiger partial charge on any atom is 0.407 e. The van der Waals surface area contributed by atoms with E-state index in [9.17, 15) is 9.59 Å². The number of pyridine rings is 1. The highest BCUT2D eigenvalue weighted by molar-refractivity contribution is 5.94. The molecular formula is C21H30N4O3.